The number of nitrogens with zero attached hydrogens (tertiary/aromatic N) is 2. The van der Waals surface area contributed by atoms with Crippen LogP contribution in [0.1, 0.15) is 234 Å². The molecule has 0 aliphatic carbocycles. The second-order valence-corrected chi connectivity index (χ2v) is 23.5. The number of hydrogen-bond acceptors (Lipinski definition) is 24. The van der Waals surface area contributed by atoms with Crippen molar-refractivity contribution in [3.8, 4) is 0 Å². The molecule has 2 atom stereocenters. The van der Waals surface area contributed by atoms with E-state index in [0.717, 1.165) is 86.8 Å². The van der Waals surface area contributed by atoms with Gasteiger partial charge < -0.3 is 117 Å². The lowest BCUT2D eigenvalue weighted by Crippen LogP contribution is -2.54. The highest BCUT2D eigenvalue weighted by Crippen LogP contribution is 2.12. The molecule has 0 saturated carbocycles. The van der Waals surface area contributed by atoms with Crippen molar-refractivity contribution in [2.24, 2.45) is 52.5 Å². The second-order valence-electron chi connectivity index (χ2n) is 21.3. The predicted molar refractivity (Wildman–Crippen MR) is 483 cm³/mol. The van der Waals surface area contributed by atoms with Crippen molar-refractivity contribution < 1.29 is 70.7 Å². The minimum Gasteiger partial charge on any atom is -0.344 e. The van der Waals surface area contributed by atoms with Crippen LogP contribution in [0, 0.1) is 29.6 Å². The number of rotatable bonds is 15. The van der Waals surface area contributed by atoms with Gasteiger partial charge in [0.05, 0.1) is 0 Å². The van der Waals surface area contributed by atoms with E-state index in [2.05, 4.69) is 194 Å². The Morgan fingerprint density at radius 3 is 0.764 bits per heavy atom. The summed E-state index contributed by atoms with van der Waals surface area (Å²) in [5, 5.41) is 2.81. The van der Waals surface area contributed by atoms with E-state index in [1.165, 1.54) is 89.5 Å². The molecule has 0 bridgehead atoms. The molecule has 0 aromatic heterocycles. The maximum Gasteiger partial charge on any atom is 0.244 e. The zero-order valence-corrected chi connectivity index (χ0v) is 76.0. The van der Waals surface area contributed by atoms with E-state index in [9.17, 15) is 22.8 Å². The molecule has 0 unspecified atom stereocenters. The Hall–Kier alpha value is -7.64. The number of carbonyl (C=O) groups is 13. The molecule has 4 rings (SSSR count). The smallest absolute Gasteiger partial charge is 0.244 e. The Morgan fingerprint density at radius 1 is 0.418 bits per heavy atom. The molecule has 27 nitrogen and oxygen atoms in total. The van der Waals surface area contributed by atoms with Gasteiger partial charge in [0.1, 0.15) is 89.8 Å². The zero-order chi connectivity index (χ0) is 88.1. The summed E-state index contributed by atoms with van der Waals surface area (Å²) >= 11 is 0. The van der Waals surface area contributed by atoms with Crippen LogP contribution in [0.2, 0.25) is 0 Å². The van der Waals surface area contributed by atoms with Crippen molar-refractivity contribution in [3.05, 3.63) is 108 Å². The van der Waals surface area contributed by atoms with Crippen LogP contribution in [0.4, 0.5) is 0 Å². The molecule has 1 fully saturated rings. The van der Waals surface area contributed by atoms with Crippen LogP contribution in [-0.2, 0) is 91.4 Å². The van der Waals surface area contributed by atoms with Gasteiger partial charge in [0.15, 0.2) is 0 Å². The van der Waals surface area contributed by atoms with E-state index >= 15 is 0 Å². The van der Waals surface area contributed by atoms with Crippen molar-refractivity contribution in [3.63, 3.8) is 0 Å². The number of likely N-dealkylation sites (N-methyl/N-ethyl adjacent to an activating group) is 1. The summed E-state index contributed by atoms with van der Waals surface area (Å²) in [6.45, 7) is 68.0. The van der Waals surface area contributed by atoms with Crippen LogP contribution in [0.3, 0.4) is 0 Å². The zero-order valence-electron chi connectivity index (χ0n) is 75.2. The summed E-state index contributed by atoms with van der Waals surface area (Å²) in [5.74, 6) is 4.19. The topological polar surface area (TPSA) is 554 Å². The molecule has 3 aromatic rings. The lowest BCUT2D eigenvalue weighted by molar-refractivity contribution is -0.140. The first-order chi connectivity index (χ1) is 49.7. The summed E-state index contributed by atoms with van der Waals surface area (Å²) in [6, 6.07) is 29.2. The molecule has 24 N–H and O–H groups in total. The quantitative estimate of drug-likeness (QED) is 0.0675. The van der Waals surface area contributed by atoms with Crippen molar-refractivity contribution in [2.45, 2.75) is 249 Å². The SMILES string of the molecule is C.C=O.C=O.C=O.C=O.C=O.C=O.C=O.C=O.C=O.C=O.CC.CC(=O)N(C)[C@@H](Cc1ccccc1)C(=O)N[C@@H](C)C(=O)N1CCCCC1.CCC(C)C.CCC(C)C.CCC(C)C.CCC(C)C.CCC(C)C.CCCS(C)(=O)=O.CCc1ccccc1.CCc1ccccc1.CN.CN.CN.CN.N.N.N.N.N. The molecular weight excluding hydrogens is 1430 g/mol. The lowest BCUT2D eigenvalue weighted by atomic mass is 10.0. The van der Waals surface area contributed by atoms with E-state index < -0.39 is 21.9 Å². The summed E-state index contributed by atoms with van der Waals surface area (Å²) in [6.07, 6.45) is 14.4. The van der Waals surface area contributed by atoms with Gasteiger partial charge in [-0.15, -0.1) is 0 Å². The Kier molecular flexibility index (Phi) is 303. The largest absolute Gasteiger partial charge is 0.344 e. The molecule has 668 valence electrons. The first kappa shape index (κ1) is 180. The van der Waals surface area contributed by atoms with Crippen LogP contribution >= 0.6 is 0 Å². The number of likely N-dealkylation sites (tertiary alicyclic amines) is 1. The van der Waals surface area contributed by atoms with Crippen molar-refractivity contribution in [1.29, 1.82) is 0 Å². The number of benzene rings is 3. The number of sulfone groups is 1. The normalized spacial score (nSPS) is 8.79. The fourth-order valence-corrected chi connectivity index (χ4v) is 5.76. The highest BCUT2D eigenvalue weighted by molar-refractivity contribution is 7.90. The number of nitrogens with two attached hydrogens (primary N) is 4. The van der Waals surface area contributed by atoms with Gasteiger partial charge in [0.25, 0.3) is 0 Å². The number of aryl methyl sites for hydroxylation is 2. The third-order valence-electron chi connectivity index (χ3n) is 12.1. The molecule has 28 heteroatoms. The minimum atomic E-state index is -2.67. The predicted octanol–water partition coefficient (Wildman–Crippen LogP) is 15.7. The van der Waals surface area contributed by atoms with Crippen LogP contribution in [-0.4, -0.2) is 176 Å². The van der Waals surface area contributed by atoms with Crippen molar-refractivity contribution in [1.82, 2.24) is 45.9 Å². The summed E-state index contributed by atoms with van der Waals surface area (Å²) in [7, 11) is 4.94. The average molecular weight is 1610 g/mol. The highest BCUT2D eigenvalue weighted by Gasteiger charge is 2.30. The number of piperidine rings is 1. The third-order valence-corrected chi connectivity index (χ3v) is 13.2. The van der Waals surface area contributed by atoms with Crippen LogP contribution in [0.5, 0.6) is 0 Å². The van der Waals surface area contributed by atoms with Gasteiger partial charge >= 0.3 is 0 Å². The molecule has 0 spiro atoms. The van der Waals surface area contributed by atoms with Gasteiger partial charge in [0.2, 0.25) is 17.7 Å². The molecule has 1 aliphatic heterocycles. The maximum absolute atomic E-state index is 12.8. The van der Waals surface area contributed by atoms with Gasteiger partial charge in [-0.1, -0.05) is 269 Å². The Morgan fingerprint density at radius 2 is 0.618 bits per heavy atom. The van der Waals surface area contributed by atoms with Gasteiger partial charge in [-0.05, 0) is 120 Å². The maximum atomic E-state index is 12.8. The van der Waals surface area contributed by atoms with Gasteiger partial charge in [0, 0.05) is 45.5 Å². The molecule has 3 aromatic carbocycles. The van der Waals surface area contributed by atoms with Crippen LogP contribution in [0.15, 0.2) is 91.0 Å². The number of hydrogen-bond donors (Lipinski definition) is 10. The van der Waals surface area contributed by atoms with E-state index in [4.69, 9.17) is 47.9 Å². The van der Waals surface area contributed by atoms with Crippen molar-refractivity contribution in [2.75, 3.05) is 60.3 Å². The highest BCUT2D eigenvalue weighted by atomic mass is 32.2. The number of carbonyl (C=O) groups excluding carboxylic acids is 13. The molecule has 0 radical (unpaired) electrons. The van der Waals surface area contributed by atoms with Crippen molar-refractivity contribution >= 4 is 95.4 Å². The second kappa shape index (κ2) is 185. The summed E-state index contributed by atoms with van der Waals surface area (Å²) in [5.41, 5.74) is 21.8. The van der Waals surface area contributed by atoms with Crippen LogP contribution < -0.4 is 59.0 Å². The Bertz CT molecular complexity index is 1900. The lowest BCUT2D eigenvalue weighted by Gasteiger charge is -2.31. The van der Waals surface area contributed by atoms with Gasteiger partial charge in [-0.2, -0.15) is 0 Å². The average Bonchev–Trinajstić information content (AvgIpc) is 0.850. The first-order valence-electron chi connectivity index (χ1n) is 35.0. The molecular formula is C82H184N12O15S. The molecule has 110 heavy (non-hydrogen) atoms. The summed E-state index contributed by atoms with van der Waals surface area (Å²) in [4.78, 5) is 120. The number of nitrogens with one attached hydrogen (secondary N) is 1. The Labute approximate surface area is 678 Å². The molecule has 1 heterocycles. The molecule has 3 amide bonds. The van der Waals surface area contributed by atoms with Gasteiger partial charge in [-0.3, -0.25) is 14.4 Å². The van der Waals surface area contributed by atoms with Gasteiger partial charge in [-0.25, -0.2) is 8.42 Å². The molecule has 1 aliphatic rings. The fraction of sp³-hybridized carbons (Fsp3) is 0.622. The van der Waals surface area contributed by atoms with E-state index in [1.54, 1.807) is 14.0 Å². The first-order valence-corrected chi connectivity index (χ1v) is 37.1. The van der Waals surface area contributed by atoms with E-state index in [0.29, 0.717) is 12.2 Å². The third kappa shape index (κ3) is 200. The number of amides is 3. The molecule has 1 saturated heterocycles. The Balaban J connectivity index is -0.0000000303. The standard InChI is InChI=1S/C20H29N3O3.2C8H10.5C5H12.C4H10O2S.C2H6.4CH5N.10CH2O.CH4.5H3N/c1-15(20(26)23-12-8-5-9-13-23)21-19(25)18(22(3)16(2)24)14-17-10-6-4-7-11-17;2*1-2-8-6-4-3-5-7-8;5*1-4-5(2)3;1-3-4-7(2,5)6;15*1-2;;;;;;/h4,6-7,10-11,15,18H,5,8-9,12-14H2,1-3H3,(H,21,25);2*3-7H,2H2,1H3;5*5H,4H2,1-3H3;3-4H2,1-2H3;1-2H3;4*2H2,1H3;10*1H2;1H4;5*1H3/t15-,18-;;;;;;;;;;;;;;;;;;;;;;;;;;;;;/m0............................./s1. The monoisotopic (exact) mass is 1610 g/mol. The fourth-order valence-electron chi connectivity index (χ4n) is 5.02. The van der Waals surface area contributed by atoms with E-state index in [-0.39, 0.29) is 55.9 Å². The summed E-state index contributed by atoms with van der Waals surface area (Å²) < 4.78 is 20.5. The van der Waals surface area contributed by atoms with Crippen LogP contribution in [0.25, 0.3) is 0 Å². The minimum absolute atomic E-state index is 0. The van der Waals surface area contributed by atoms with E-state index in [1.807, 2.05) is 136 Å².